The maximum atomic E-state index is 13.7. The summed E-state index contributed by atoms with van der Waals surface area (Å²) in [6.45, 7) is 4.55. The van der Waals surface area contributed by atoms with Crippen molar-refractivity contribution >= 4 is 10.9 Å². The summed E-state index contributed by atoms with van der Waals surface area (Å²) in [5, 5.41) is 0.486. The largest absolute Gasteiger partial charge is 0.494 e. The monoisotopic (exact) mass is 493 g/mol. The molecule has 3 heterocycles. The maximum Gasteiger partial charge on any atom is 0.331 e. The SMILES string of the molecule is CCOc1ccc([C@@H]2Oc3ccccc3-n3c(-c4ccc(C)cc4)c4c(=O)n(C)c(=O)n(C)c4c32)cc1. The van der Waals surface area contributed by atoms with E-state index >= 15 is 0 Å². The smallest absolute Gasteiger partial charge is 0.331 e. The molecule has 1 aliphatic heterocycles. The van der Waals surface area contributed by atoms with Crippen LogP contribution >= 0.6 is 0 Å². The lowest BCUT2D eigenvalue weighted by molar-refractivity contribution is 0.229. The van der Waals surface area contributed by atoms with E-state index in [0.29, 0.717) is 23.3 Å². The number of nitrogens with zero attached hydrogens (tertiary/aromatic N) is 3. The third-order valence-electron chi connectivity index (χ3n) is 7.03. The van der Waals surface area contributed by atoms with E-state index in [2.05, 4.69) is 4.57 Å². The average Bonchev–Trinajstić information content (AvgIpc) is 3.28. The predicted octanol–water partition coefficient (Wildman–Crippen LogP) is 4.88. The van der Waals surface area contributed by atoms with Crippen molar-refractivity contribution in [3.63, 3.8) is 0 Å². The molecule has 0 bridgehead atoms. The van der Waals surface area contributed by atoms with E-state index in [1.165, 1.54) is 11.6 Å². The fraction of sp³-hybridized carbons (Fsp3) is 0.200. The van der Waals surface area contributed by atoms with Crippen LogP contribution < -0.4 is 20.7 Å². The molecule has 0 spiro atoms. The minimum Gasteiger partial charge on any atom is -0.494 e. The highest BCUT2D eigenvalue weighted by atomic mass is 16.5. The first-order valence-corrected chi connectivity index (χ1v) is 12.3. The van der Waals surface area contributed by atoms with E-state index in [1.54, 1.807) is 11.6 Å². The molecule has 7 heteroatoms. The van der Waals surface area contributed by atoms with Gasteiger partial charge in [0.1, 0.15) is 11.5 Å². The fourth-order valence-corrected chi connectivity index (χ4v) is 5.23. The Kier molecular flexibility index (Phi) is 5.30. The minimum atomic E-state index is -0.551. The number of benzene rings is 3. The van der Waals surface area contributed by atoms with Crippen molar-refractivity contribution in [3.8, 4) is 28.4 Å². The van der Waals surface area contributed by atoms with E-state index in [9.17, 15) is 9.59 Å². The van der Waals surface area contributed by atoms with E-state index in [0.717, 1.165) is 39.5 Å². The Morgan fingerprint density at radius 2 is 1.59 bits per heavy atom. The van der Waals surface area contributed by atoms with Crippen molar-refractivity contribution in [2.24, 2.45) is 14.1 Å². The van der Waals surface area contributed by atoms with Crippen LogP contribution in [0.2, 0.25) is 0 Å². The number of aryl methyl sites for hydroxylation is 2. The summed E-state index contributed by atoms with van der Waals surface area (Å²) >= 11 is 0. The van der Waals surface area contributed by atoms with Crippen molar-refractivity contribution in [3.05, 3.63) is 110 Å². The van der Waals surface area contributed by atoms with E-state index in [1.807, 2.05) is 86.6 Å². The summed E-state index contributed by atoms with van der Waals surface area (Å²) < 4.78 is 17.1. The number of ether oxygens (including phenoxy) is 2. The molecular weight excluding hydrogens is 466 g/mol. The minimum absolute atomic E-state index is 0.335. The normalized spacial score (nSPS) is 14.2. The summed E-state index contributed by atoms with van der Waals surface area (Å²) in [6.07, 6.45) is -0.551. The van der Waals surface area contributed by atoms with Crippen LogP contribution in [0.3, 0.4) is 0 Å². The highest BCUT2D eigenvalue weighted by Crippen LogP contribution is 2.46. The van der Waals surface area contributed by atoms with Gasteiger partial charge < -0.3 is 14.0 Å². The molecule has 1 atom stereocenters. The Bertz CT molecular complexity index is 1770. The van der Waals surface area contributed by atoms with E-state index < -0.39 is 6.10 Å². The van der Waals surface area contributed by atoms with Crippen molar-refractivity contribution < 1.29 is 9.47 Å². The zero-order valence-electron chi connectivity index (χ0n) is 21.2. The molecule has 1 aliphatic rings. The first kappa shape index (κ1) is 22.9. The van der Waals surface area contributed by atoms with Gasteiger partial charge in [-0.1, -0.05) is 54.1 Å². The Labute approximate surface area is 213 Å². The van der Waals surface area contributed by atoms with Crippen LogP contribution in [0, 0.1) is 6.92 Å². The summed E-state index contributed by atoms with van der Waals surface area (Å²) in [6, 6.07) is 23.7. The van der Waals surface area contributed by atoms with Gasteiger partial charge in [-0.05, 0) is 49.2 Å². The number of hydrogen-bond acceptors (Lipinski definition) is 4. The van der Waals surface area contributed by atoms with E-state index in [-0.39, 0.29) is 11.2 Å². The first-order valence-electron chi connectivity index (χ1n) is 12.3. The van der Waals surface area contributed by atoms with Gasteiger partial charge in [0.25, 0.3) is 5.56 Å². The van der Waals surface area contributed by atoms with Crippen molar-refractivity contribution in [2.75, 3.05) is 6.61 Å². The molecule has 186 valence electrons. The summed E-state index contributed by atoms with van der Waals surface area (Å²) in [4.78, 5) is 26.9. The van der Waals surface area contributed by atoms with Crippen LogP contribution in [0.15, 0.2) is 82.4 Å². The fourth-order valence-electron chi connectivity index (χ4n) is 5.23. The van der Waals surface area contributed by atoms with Gasteiger partial charge >= 0.3 is 5.69 Å². The van der Waals surface area contributed by atoms with Crippen molar-refractivity contribution in [1.29, 1.82) is 0 Å². The van der Waals surface area contributed by atoms with Gasteiger partial charge in [0.2, 0.25) is 0 Å². The number of aromatic nitrogens is 3. The molecule has 0 fully saturated rings. The van der Waals surface area contributed by atoms with Crippen molar-refractivity contribution in [2.45, 2.75) is 20.0 Å². The number of rotatable bonds is 4. The van der Waals surface area contributed by atoms with Gasteiger partial charge in [-0.15, -0.1) is 0 Å². The second-order valence-electron chi connectivity index (χ2n) is 9.33. The molecular formula is C30H27N3O4. The maximum absolute atomic E-state index is 13.7. The van der Waals surface area contributed by atoms with Crippen LogP contribution in [0.5, 0.6) is 11.5 Å². The van der Waals surface area contributed by atoms with Gasteiger partial charge in [-0.2, -0.15) is 0 Å². The van der Waals surface area contributed by atoms with E-state index in [4.69, 9.17) is 9.47 Å². The Morgan fingerprint density at radius 3 is 2.30 bits per heavy atom. The number of fused-ring (bicyclic) bond motifs is 5. The van der Waals surface area contributed by atoms with Gasteiger partial charge in [0.15, 0.2) is 6.10 Å². The highest BCUT2D eigenvalue weighted by Gasteiger charge is 2.36. The van der Waals surface area contributed by atoms with Gasteiger partial charge in [0, 0.05) is 14.1 Å². The molecule has 3 aromatic carbocycles. The molecule has 7 nitrogen and oxygen atoms in total. The number of para-hydroxylation sites is 2. The Hall–Kier alpha value is -4.52. The van der Waals surface area contributed by atoms with Crippen molar-refractivity contribution in [1.82, 2.24) is 13.7 Å². The lowest BCUT2D eigenvalue weighted by Gasteiger charge is -2.30. The van der Waals surface area contributed by atoms with Crippen LogP contribution in [-0.2, 0) is 14.1 Å². The molecule has 6 rings (SSSR count). The Balaban J connectivity index is 1.78. The topological polar surface area (TPSA) is 67.4 Å². The molecule has 0 amide bonds. The lowest BCUT2D eigenvalue weighted by Crippen LogP contribution is -2.37. The zero-order valence-corrected chi connectivity index (χ0v) is 21.2. The summed E-state index contributed by atoms with van der Waals surface area (Å²) in [5.74, 6) is 1.47. The molecule has 5 aromatic rings. The summed E-state index contributed by atoms with van der Waals surface area (Å²) in [7, 11) is 3.23. The van der Waals surface area contributed by atoms with Crippen LogP contribution in [0.1, 0.15) is 29.8 Å². The molecule has 0 saturated heterocycles. The molecule has 0 saturated carbocycles. The number of hydrogen-bond donors (Lipinski definition) is 0. The van der Waals surface area contributed by atoms with Crippen LogP contribution in [-0.4, -0.2) is 20.3 Å². The quantitative estimate of drug-likeness (QED) is 0.358. The standard InChI is InChI=1S/C30H27N3O4/c1-5-36-21-16-14-20(15-17-21)28-27-26-24(29(34)32(4)30(35)31(26)3)25(19-12-10-18(2)11-13-19)33(27)22-8-6-7-9-23(22)37-28/h6-17,28H,5H2,1-4H3/t28-/m0/s1. The second kappa shape index (κ2) is 8.55. The molecule has 0 N–H and O–H groups in total. The molecule has 0 unspecified atom stereocenters. The van der Waals surface area contributed by atoms with Gasteiger partial charge in [-0.25, -0.2) is 4.79 Å². The lowest BCUT2D eigenvalue weighted by atomic mass is 10.0. The summed E-state index contributed by atoms with van der Waals surface area (Å²) in [5.41, 5.74) is 5.05. The predicted molar refractivity (Wildman–Crippen MR) is 144 cm³/mol. The van der Waals surface area contributed by atoms with Gasteiger partial charge in [0.05, 0.1) is 34.6 Å². The third kappa shape index (κ3) is 3.42. The Morgan fingerprint density at radius 1 is 0.892 bits per heavy atom. The molecule has 0 aliphatic carbocycles. The third-order valence-corrected chi connectivity index (χ3v) is 7.03. The first-order chi connectivity index (χ1) is 17.9. The zero-order chi connectivity index (χ0) is 25.8. The second-order valence-corrected chi connectivity index (χ2v) is 9.33. The molecule has 37 heavy (non-hydrogen) atoms. The van der Waals surface area contributed by atoms with Gasteiger partial charge in [-0.3, -0.25) is 13.9 Å². The van der Waals surface area contributed by atoms with Crippen LogP contribution in [0.4, 0.5) is 0 Å². The molecule has 0 radical (unpaired) electrons. The molecule has 2 aromatic heterocycles. The average molecular weight is 494 g/mol. The van der Waals surface area contributed by atoms with Crippen LogP contribution in [0.25, 0.3) is 27.8 Å². The highest BCUT2D eigenvalue weighted by molar-refractivity contribution is 5.98.